The van der Waals surface area contributed by atoms with Crippen molar-refractivity contribution in [1.82, 2.24) is 18.7 Å². The number of nitrogens with zero attached hydrogens (tertiary/aromatic N) is 5. The zero-order valence-corrected chi connectivity index (χ0v) is 44.7. The second-order valence-electron chi connectivity index (χ2n) is 22.5. The van der Waals surface area contributed by atoms with Gasteiger partial charge in [0.25, 0.3) is 6.33 Å². The summed E-state index contributed by atoms with van der Waals surface area (Å²) in [6.45, 7) is 17.3. The number of hydrogen-bond donors (Lipinski definition) is 0. The number of aromatic nitrogens is 5. The average Bonchev–Trinajstić information content (AvgIpc) is 1.56. The van der Waals surface area contributed by atoms with E-state index in [4.69, 9.17) is 19.3 Å². The first-order valence-corrected chi connectivity index (χ1v) is 26.3. The number of imidazole rings is 1. The fourth-order valence-corrected chi connectivity index (χ4v) is 10.9. The van der Waals surface area contributed by atoms with Crippen molar-refractivity contribution in [2.45, 2.75) is 72.6 Å². The molecule has 0 amide bonds. The highest BCUT2D eigenvalue weighted by atomic mass is 16.5. The van der Waals surface area contributed by atoms with E-state index in [-0.39, 0.29) is 56.0 Å². The van der Waals surface area contributed by atoms with Gasteiger partial charge in [-0.25, -0.2) is 4.98 Å². The van der Waals surface area contributed by atoms with E-state index in [2.05, 4.69) is 79.9 Å². The van der Waals surface area contributed by atoms with Crippen LogP contribution in [0.2, 0.25) is 0 Å². The highest BCUT2D eigenvalue weighted by Gasteiger charge is 2.26. The molecule has 0 radical (unpaired) electrons. The molecule has 0 aliphatic carbocycles. The third kappa shape index (κ3) is 8.53. The van der Waals surface area contributed by atoms with E-state index in [1.807, 2.05) is 111 Å². The van der Waals surface area contributed by atoms with E-state index >= 15 is 0 Å². The molecule has 382 valence electrons. The molecule has 0 unspecified atom stereocenters. The highest BCUT2D eigenvalue weighted by molar-refractivity contribution is 6.16. The monoisotopic (exact) mass is 1030 g/mol. The molecule has 0 atom stereocenters. The molecule has 4 heterocycles. The minimum atomic E-state index is -0.549. The van der Waals surface area contributed by atoms with Gasteiger partial charge in [-0.15, -0.1) is 0 Å². The van der Waals surface area contributed by atoms with Gasteiger partial charge in [0.15, 0.2) is 0 Å². The summed E-state index contributed by atoms with van der Waals surface area (Å²) in [4.78, 5) is 4.94. The van der Waals surface area contributed by atoms with Crippen LogP contribution in [0, 0.1) is 12.2 Å². The molecule has 9 aromatic carbocycles. The molecule has 0 N–H and O–H groups in total. The SMILES string of the molecule is [2H]c1c([2H])c([2H])c(-c2cccc(-c3cc(C(C)(C)C)cc(C(C)(C)C)c3)c2-[n+]2[c-]n(-c3cccc(Oc4cc(-n5c6c([2H])c([2H])c([2H])c([2H])c6c6c([2H])c([2H])c([2H])c([2H])c65)c5c6ccccc6n(-c6cc(CC(C)C)ccn6)c5c4)c3)c3ccccc32)c([2H])c1[2H]. The predicted molar refractivity (Wildman–Crippen MR) is 323 cm³/mol. The van der Waals surface area contributed by atoms with Gasteiger partial charge in [0.2, 0.25) is 0 Å². The summed E-state index contributed by atoms with van der Waals surface area (Å²) in [5.41, 5.74) is 8.86. The molecule has 13 rings (SSSR count). The highest BCUT2D eigenvalue weighted by Crippen LogP contribution is 2.44. The Labute approximate surface area is 475 Å². The van der Waals surface area contributed by atoms with Gasteiger partial charge in [-0.1, -0.05) is 207 Å². The molecule has 6 nitrogen and oxygen atoms in total. The minimum absolute atomic E-state index is 0.0371. The van der Waals surface area contributed by atoms with Gasteiger partial charge in [0.05, 0.1) is 68.0 Å². The second kappa shape index (κ2) is 18.9. The third-order valence-corrected chi connectivity index (χ3v) is 14.6. The first-order valence-electron chi connectivity index (χ1n) is 32.8. The molecular weight excluding hydrogens is 951 g/mol. The Bertz CT molecular complexity index is 5100. The maximum absolute atomic E-state index is 9.54. The molecule has 6 heteroatoms. The zero-order valence-electron chi connectivity index (χ0n) is 57.7. The third-order valence-electron chi connectivity index (χ3n) is 14.6. The molecule has 0 fully saturated rings. The van der Waals surface area contributed by atoms with Crippen LogP contribution in [0.15, 0.2) is 218 Å². The lowest BCUT2D eigenvalue weighted by Gasteiger charge is -2.27. The lowest BCUT2D eigenvalue weighted by atomic mass is 9.78. The standard InChI is InChI=1S/C72H63N5O/c1-47(2)38-48-36-37-73-68(39-48)77-63-33-17-14-28-60(63)69-66(76-61-31-15-12-26-58(61)59-27-13-16-32-62(59)76)44-55(45-67(69)77)78-54-25-20-24-53(43-54)74-46-75(65-35-19-18-34-64(65)74)70-56(49-22-10-9-11-23-49)29-21-30-57(70)50-40-51(71(3,4)5)42-52(41-50)72(6,7)8/h9-37,39-45,47H,38H2,1-8H3/i9D,10D,11D,12D,13D,15D,16D,22D,23D,26D,27D,31D,32D. The number of benzene rings is 9. The molecule has 0 saturated heterocycles. The Morgan fingerprint density at radius 1 is 0.551 bits per heavy atom. The normalized spacial score (nSPS) is 14.6. The van der Waals surface area contributed by atoms with E-state index < -0.39 is 66.5 Å². The summed E-state index contributed by atoms with van der Waals surface area (Å²) in [5.74, 6) is 1.55. The average molecular weight is 1030 g/mol. The van der Waals surface area contributed by atoms with E-state index in [0.717, 1.165) is 45.1 Å². The van der Waals surface area contributed by atoms with Crippen molar-refractivity contribution in [2.75, 3.05) is 0 Å². The minimum Gasteiger partial charge on any atom is -0.458 e. The Balaban J connectivity index is 1.07. The Morgan fingerprint density at radius 2 is 1.19 bits per heavy atom. The first kappa shape index (κ1) is 36.1. The lowest BCUT2D eigenvalue weighted by molar-refractivity contribution is -0.571. The molecule has 0 aliphatic heterocycles. The van der Waals surface area contributed by atoms with Crippen molar-refractivity contribution >= 4 is 54.6 Å². The summed E-state index contributed by atoms with van der Waals surface area (Å²) in [5, 5.41) is 1.20. The molecule has 4 aromatic heterocycles. The maximum Gasteiger partial charge on any atom is 0.269 e. The summed E-state index contributed by atoms with van der Waals surface area (Å²) >= 11 is 0. The van der Waals surface area contributed by atoms with Crippen LogP contribution in [0.25, 0.3) is 99.8 Å². The van der Waals surface area contributed by atoms with Crippen LogP contribution in [0.5, 0.6) is 11.5 Å². The molecule has 0 bridgehead atoms. The number of rotatable bonds is 10. The van der Waals surface area contributed by atoms with Gasteiger partial charge in [0.1, 0.15) is 17.3 Å². The van der Waals surface area contributed by atoms with Crippen molar-refractivity contribution in [3.05, 3.63) is 241 Å². The molecule has 0 aliphatic rings. The summed E-state index contributed by atoms with van der Waals surface area (Å²) in [6.07, 6.45) is 6.22. The second-order valence-corrected chi connectivity index (χ2v) is 22.5. The van der Waals surface area contributed by atoms with Crippen molar-refractivity contribution in [3.8, 4) is 56.6 Å². The Morgan fingerprint density at radius 3 is 1.90 bits per heavy atom. The smallest absolute Gasteiger partial charge is 0.269 e. The molecule has 78 heavy (non-hydrogen) atoms. The maximum atomic E-state index is 9.54. The lowest BCUT2D eigenvalue weighted by Crippen LogP contribution is -2.31. The molecular formula is C72H63N5O. The van der Waals surface area contributed by atoms with Gasteiger partial charge >= 0.3 is 0 Å². The van der Waals surface area contributed by atoms with E-state index in [1.54, 1.807) is 24.4 Å². The van der Waals surface area contributed by atoms with Crippen molar-refractivity contribution in [3.63, 3.8) is 0 Å². The Kier molecular flexibility index (Phi) is 8.76. The number of para-hydroxylation sites is 6. The van der Waals surface area contributed by atoms with Crippen LogP contribution in [-0.4, -0.2) is 18.7 Å². The molecule has 13 aromatic rings. The van der Waals surface area contributed by atoms with Crippen LogP contribution in [0.3, 0.4) is 0 Å². The topological polar surface area (TPSA) is 40.8 Å². The molecule has 0 saturated carbocycles. The van der Waals surface area contributed by atoms with Gasteiger partial charge < -0.3 is 9.30 Å². The van der Waals surface area contributed by atoms with Gasteiger partial charge in [-0.2, -0.15) is 0 Å². The summed E-state index contributed by atoms with van der Waals surface area (Å²) < 4.78 is 133. The van der Waals surface area contributed by atoms with Crippen LogP contribution < -0.4 is 9.30 Å². The van der Waals surface area contributed by atoms with Crippen LogP contribution in [-0.2, 0) is 17.3 Å². The van der Waals surface area contributed by atoms with Gasteiger partial charge in [0, 0.05) is 39.9 Å². The van der Waals surface area contributed by atoms with Crippen molar-refractivity contribution < 1.29 is 27.1 Å². The number of pyridine rings is 1. The summed E-state index contributed by atoms with van der Waals surface area (Å²) in [7, 11) is 0. The largest absolute Gasteiger partial charge is 0.458 e. The van der Waals surface area contributed by atoms with E-state index in [0.29, 0.717) is 62.0 Å². The van der Waals surface area contributed by atoms with Crippen molar-refractivity contribution in [2.24, 2.45) is 5.92 Å². The first-order chi connectivity index (χ1) is 43.2. The van der Waals surface area contributed by atoms with Gasteiger partial charge in [-0.3, -0.25) is 13.7 Å². The van der Waals surface area contributed by atoms with E-state index in [9.17, 15) is 8.22 Å². The zero-order chi connectivity index (χ0) is 64.8. The van der Waals surface area contributed by atoms with Gasteiger partial charge in [-0.05, 0) is 111 Å². The van der Waals surface area contributed by atoms with E-state index in [1.165, 1.54) is 4.57 Å². The van der Waals surface area contributed by atoms with Crippen LogP contribution in [0.1, 0.15) is 89.9 Å². The summed E-state index contributed by atoms with van der Waals surface area (Å²) in [6, 6.07) is 36.7. The number of hydrogen-bond acceptors (Lipinski definition) is 2. The van der Waals surface area contributed by atoms with Crippen molar-refractivity contribution in [1.29, 1.82) is 0 Å². The Hall–Kier alpha value is -9.00. The van der Waals surface area contributed by atoms with Crippen LogP contribution >= 0.6 is 0 Å². The fraction of sp³-hybridized carbons (Fsp3) is 0.167. The fourth-order valence-electron chi connectivity index (χ4n) is 10.9. The van der Waals surface area contributed by atoms with Crippen LogP contribution in [0.4, 0.5) is 0 Å². The predicted octanol–water partition coefficient (Wildman–Crippen LogP) is 18.2. The number of ether oxygens (including phenoxy) is 1. The number of fused-ring (bicyclic) bond motifs is 7. The quantitative estimate of drug-likeness (QED) is 0.101. The molecule has 0 spiro atoms.